The molecular formula is C18H12O4-2. The summed E-state index contributed by atoms with van der Waals surface area (Å²) in [5.74, 6) is -5.84. The molecule has 0 aromatic heterocycles. The molecule has 0 saturated carbocycles. The van der Waals surface area contributed by atoms with Crippen molar-refractivity contribution in [1.29, 1.82) is 0 Å². The highest BCUT2D eigenvalue weighted by Crippen LogP contribution is 2.57. The monoisotopic (exact) mass is 292 g/mol. The molecule has 0 saturated heterocycles. The minimum Gasteiger partial charge on any atom is -0.550 e. The molecule has 2 aromatic rings. The predicted octanol–water partition coefficient (Wildman–Crippen LogP) is 0.00960. The van der Waals surface area contributed by atoms with E-state index in [9.17, 15) is 19.8 Å². The number of rotatable bonds is 2. The van der Waals surface area contributed by atoms with Crippen molar-refractivity contribution < 1.29 is 19.8 Å². The third-order valence-corrected chi connectivity index (χ3v) is 4.98. The van der Waals surface area contributed by atoms with E-state index < -0.39 is 35.6 Å². The summed E-state index contributed by atoms with van der Waals surface area (Å²) in [4.78, 5) is 23.4. The van der Waals surface area contributed by atoms with Crippen LogP contribution in [0.1, 0.15) is 34.1 Å². The van der Waals surface area contributed by atoms with Crippen molar-refractivity contribution in [3.63, 3.8) is 0 Å². The van der Waals surface area contributed by atoms with Gasteiger partial charge in [-0.3, -0.25) is 0 Å². The van der Waals surface area contributed by atoms with E-state index in [1.165, 1.54) is 0 Å². The average Bonchev–Trinajstić information content (AvgIpc) is 2.53. The highest BCUT2D eigenvalue weighted by Gasteiger charge is 2.50. The smallest absolute Gasteiger partial charge is 0.0461 e. The van der Waals surface area contributed by atoms with Gasteiger partial charge in [-0.25, -0.2) is 0 Å². The van der Waals surface area contributed by atoms with E-state index in [-0.39, 0.29) is 0 Å². The van der Waals surface area contributed by atoms with Gasteiger partial charge < -0.3 is 19.8 Å². The van der Waals surface area contributed by atoms with Gasteiger partial charge in [0.2, 0.25) is 0 Å². The molecule has 4 nitrogen and oxygen atoms in total. The number of carboxylic acids is 2. The van der Waals surface area contributed by atoms with Crippen molar-refractivity contribution >= 4 is 11.9 Å². The second-order valence-electron chi connectivity index (χ2n) is 5.90. The standard InChI is InChI=1S/C18H14O4/c19-17(20)15-13-9-5-1-2-6-10(9)14(16(15)18(21)22)12-8-4-3-7-11(12)13/h1-8,13-16H,(H,19,20)(H,21,22)/p-2/t13?,14?,15-,16-/m1/s1. The van der Waals surface area contributed by atoms with Crippen LogP contribution in [0.3, 0.4) is 0 Å². The fraction of sp³-hybridized carbons (Fsp3) is 0.222. The molecule has 0 amide bonds. The van der Waals surface area contributed by atoms with E-state index in [4.69, 9.17) is 0 Å². The zero-order valence-corrected chi connectivity index (χ0v) is 11.6. The molecule has 5 rings (SSSR count). The number of fused-ring (bicyclic) bond motifs is 1. The molecule has 2 aromatic carbocycles. The molecule has 2 bridgehead atoms. The third kappa shape index (κ3) is 1.52. The number of carbonyl (C=O) groups is 2. The summed E-state index contributed by atoms with van der Waals surface area (Å²) < 4.78 is 0. The Balaban J connectivity index is 2.06. The summed E-state index contributed by atoms with van der Waals surface area (Å²) in [5, 5.41) is 23.4. The number of benzene rings is 2. The highest BCUT2D eigenvalue weighted by atomic mass is 16.4. The van der Waals surface area contributed by atoms with Gasteiger partial charge in [0.25, 0.3) is 0 Å². The maximum absolute atomic E-state index is 11.7. The van der Waals surface area contributed by atoms with Crippen LogP contribution in [0.15, 0.2) is 48.5 Å². The fourth-order valence-corrected chi connectivity index (χ4v) is 4.24. The maximum Gasteiger partial charge on any atom is 0.0461 e. The van der Waals surface area contributed by atoms with E-state index >= 15 is 0 Å². The Morgan fingerprint density at radius 3 is 1.14 bits per heavy atom. The molecule has 3 aliphatic rings. The number of hydrogen-bond acceptors (Lipinski definition) is 4. The topological polar surface area (TPSA) is 80.3 Å². The summed E-state index contributed by atoms with van der Waals surface area (Å²) >= 11 is 0. The lowest BCUT2D eigenvalue weighted by molar-refractivity contribution is -0.328. The van der Waals surface area contributed by atoms with Crippen LogP contribution in [0.25, 0.3) is 0 Å². The molecule has 0 aliphatic heterocycles. The SMILES string of the molecule is O=C([O-])[C@@H]1C2c3ccccc3C(c3ccccc32)[C@H]1C(=O)[O-]. The Bertz CT molecular complexity index is 682. The molecule has 22 heavy (non-hydrogen) atoms. The second kappa shape index (κ2) is 4.44. The van der Waals surface area contributed by atoms with Crippen LogP contribution in [-0.4, -0.2) is 11.9 Å². The molecular weight excluding hydrogens is 280 g/mol. The molecule has 4 heteroatoms. The Labute approximate surface area is 127 Å². The number of carbonyl (C=O) groups excluding carboxylic acids is 2. The Morgan fingerprint density at radius 1 is 0.636 bits per heavy atom. The van der Waals surface area contributed by atoms with Crippen molar-refractivity contribution in [2.24, 2.45) is 11.8 Å². The molecule has 2 atom stereocenters. The van der Waals surface area contributed by atoms with Gasteiger partial charge in [0.1, 0.15) is 0 Å². The fourth-order valence-electron chi connectivity index (χ4n) is 4.24. The Morgan fingerprint density at radius 2 is 0.909 bits per heavy atom. The van der Waals surface area contributed by atoms with Gasteiger partial charge in [-0.15, -0.1) is 0 Å². The first kappa shape index (κ1) is 13.1. The molecule has 0 heterocycles. The highest BCUT2D eigenvalue weighted by molar-refractivity contribution is 5.84. The second-order valence-corrected chi connectivity index (χ2v) is 5.90. The van der Waals surface area contributed by atoms with Crippen LogP contribution < -0.4 is 10.2 Å². The zero-order valence-electron chi connectivity index (χ0n) is 11.6. The lowest BCUT2D eigenvalue weighted by Gasteiger charge is -2.51. The van der Waals surface area contributed by atoms with Crippen molar-refractivity contribution in [3.8, 4) is 0 Å². The summed E-state index contributed by atoms with van der Waals surface area (Å²) in [5.41, 5.74) is 3.55. The summed E-state index contributed by atoms with van der Waals surface area (Å²) in [6.45, 7) is 0. The molecule has 0 N–H and O–H groups in total. The molecule has 0 unspecified atom stereocenters. The number of hydrogen-bond donors (Lipinski definition) is 0. The van der Waals surface area contributed by atoms with Crippen LogP contribution in [0.2, 0.25) is 0 Å². The molecule has 0 fully saturated rings. The van der Waals surface area contributed by atoms with Crippen molar-refractivity contribution in [1.82, 2.24) is 0 Å². The van der Waals surface area contributed by atoms with E-state index in [0.717, 1.165) is 22.3 Å². The number of carboxylic acid groups (broad SMARTS) is 2. The third-order valence-electron chi connectivity index (χ3n) is 4.98. The van der Waals surface area contributed by atoms with Crippen molar-refractivity contribution in [3.05, 3.63) is 70.8 Å². The van der Waals surface area contributed by atoms with Crippen molar-refractivity contribution in [2.75, 3.05) is 0 Å². The van der Waals surface area contributed by atoms with Crippen LogP contribution >= 0.6 is 0 Å². The van der Waals surface area contributed by atoms with E-state index in [0.29, 0.717) is 0 Å². The summed E-state index contributed by atoms with van der Waals surface area (Å²) in [6.07, 6.45) is 0. The predicted molar refractivity (Wildman–Crippen MR) is 73.6 cm³/mol. The van der Waals surface area contributed by atoms with Gasteiger partial charge in [0.05, 0.1) is 0 Å². The Hall–Kier alpha value is -2.62. The van der Waals surface area contributed by atoms with Gasteiger partial charge in [0, 0.05) is 35.6 Å². The normalized spacial score (nSPS) is 27.8. The van der Waals surface area contributed by atoms with Crippen LogP contribution in [0.4, 0.5) is 0 Å². The van der Waals surface area contributed by atoms with Gasteiger partial charge in [-0.2, -0.15) is 0 Å². The van der Waals surface area contributed by atoms with E-state index in [1.807, 2.05) is 48.5 Å². The molecule has 110 valence electrons. The number of aliphatic carboxylic acids is 2. The maximum atomic E-state index is 11.7. The van der Waals surface area contributed by atoms with Gasteiger partial charge in [-0.05, 0) is 22.3 Å². The largest absolute Gasteiger partial charge is 0.550 e. The van der Waals surface area contributed by atoms with Crippen LogP contribution in [-0.2, 0) is 9.59 Å². The zero-order chi connectivity index (χ0) is 15.4. The quantitative estimate of drug-likeness (QED) is 0.781. The minimum atomic E-state index is -1.33. The molecule has 3 aliphatic carbocycles. The lowest BCUT2D eigenvalue weighted by atomic mass is 9.54. The van der Waals surface area contributed by atoms with Gasteiger partial charge >= 0.3 is 0 Å². The first-order chi connectivity index (χ1) is 10.6. The van der Waals surface area contributed by atoms with Crippen LogP contribution in [0, 0.1) is 11.8 Å². The molecule has 0 radical (unpaired) electrons. The average molecular weight is 292 g/mol. The van der Waals surface area contributed by atoms with Crippen LogP contribution in [0.5, 0.6) is 0 Å². The summed E-state index contributed by atoms with van der Waals surface area (Å²) in [6, 6.07) is 14.9. The van der Waals surface area contributed by atoms with Gasteiger partial charge in [-0.1, -0.05) is 48.5 Å². The first-order valence-electron chi connectivity index (χ1n) is 7.20. The Kier molecular flexibility index (Phi) is 2.64. The van der Waals surface area contributed by atoms with Crippen molar-refractivity contribution in [2.45, 2.75) is 11.8 Å². The van der Waals surface area contributed by atoms with E-state index in [1.54, 1.807) is 0 Å². The van der Waals surface area contributed by atoms with E-state index in [2.05, 4.69) is 0 Å². The first-order valence-corrected chi connectivity index (χ1v) is 7.20. The summed E-state index contributed by atoms with van der Waals surface area (Å²) in [7, 11) is 0. The lowest BCUT2D eigenvalue weighted by Crippen LogP contribution is -2.54. The minimum absolute atomic E-state index is 0.495. The van der Waals surface area contributed by atoms with Gasteiger partial charge in [0.15, 0.2) is 0 Å². The molecule has 0 spiro atoms.